The number of rotatable bonds is 5. The summed E-state index contributed by atoms with van der Waals surface area (Å²) in [7, 11) is 0. The smallest absolute Gasteiger partial charge is 0.344 e. The largest absolute Gasteiger partial charge is 0.458 e. The molecule has 0 N–H and O–H groups in total. The van der Waals surface area contributed by atoms with E-state index in [9.17, 15) is 9.59 Å². The zero-order valence-corrected chi connectivity index (χ0v) is 19.7. The standard InChI is InChI=1S/C29H32O4/c1-17(2)22-15-8-18(3)16-25(22)32-28(30)21-13-11-20(12-14-21)27-26(19-9-10-19)23-6-4-5-7-24(23)29(31)33-27/h4-7,11-14,17-19,22,25H,8-10,15-16H2,1-3H3. The SMILES string of the molecule is CC1CCC(C(C)C)C(OC(=O)c2ccc(-c3oc(=O)c4ccccc4c3C3CC3)cc2)C1. The van der Waals surface area contributed by atoms with Crippen molar-refractivity contribution in [3.05, 3.63) is 70.1 Å². The molecule has 5 rings (SSSR count). The van der Waals surface area contributed by atoms with Gasteiger partial charge < -0.3 is 9.15 Å². The predicted octanol–water partition coefficient (Wildman–Crippen LogP) is 6.96. The molecule has 3 unspecified atom stereocenters. The summed E-state index contributed by atoms with van der Waals surface area (Å²) >= 11 is 0. The Balaban J connectivity index is 1.42. The molecule has 2 aliphatic carbocycles. The van der Waals surface area contributed by atoms with Crippen molar-refractivity contribution < 1.29 is 13.9 Å². The van der Waals surface area contributed by atoms with Crippen LogP contribution in [0, 0.1) is 17.8 Å². The molecule has 0 amide bonds. The molecule has 1 aromatic heterocycles. The molecule has 172 valence electrons. The number of benzene rings is 2. The van der Waals surface area contributed by atoms with Gasteiger partial charge in [0, 0.05) is 11.1 Å². The fourth-order valence-corrected chi connectivity index (χ4v) is 5.43. The lowest BCUT2D eigenvalue weighted by molar-refractivity contribution is -0.0174. The topological polar surface area (TPSA) is 56.5 Å². The van der Waals surface area contributed by atoms with Crippen LogP contribution in [0.25, 0.3) is 22.1 Å². The Bertz CT molecular complexity index is 1220. The molecule has 0 bridgehead atoms. The third-order valence-corrected chi connectivity index (χ3v) is 7.46. The van der Waals surface area contributed by atoms with Gasteiger partial charge in [-0.05, 0) is 72.9 Å². The van der Waals surface area contributed by atoms with E-state index >= 15 is 0 Å². The Morgan fingerprint density at radius 2 is 1.67 bits per heavy atom. The maximum absolute atomic E-state index is 13.0. The predicted molar refractivity (Wildman–Crippen MR) is 130 cm³/mol. The van der Waals surface area contributed by atoms with Gasteiger partial charge in [0.2, 0.25) is 0 Å². The number of ether oxygens (including phenoxy) is 1. The van der Waals surface area contributed by atoms with E-state index in [1.807, 2.05) is 36.4 Å². The van der Waals surface area contributed by atoms with Crippen LogP contribution < -0.4 is 5.63 Å². The van der Waals surface area contributed by atoms with E-state index in [4.69, 9.17) is 9.15 Å². The average molecular weight is 445 g/mol. The molecular weight excluding hydrogens is 412 g/mol. The van der Waals surface area contributed by atoms with Crippen molar-refractivity contribution >= 4 is 16.7 Å². The molecule has 2 aromatic carbocycles. The van der Waals surface area contributed by atoms with Gasteiger partial charge in [-0.1, -0.05) is 57.5 Å². The molecule has 1 heterocycles. The molecule has 4 heteroatoms. The van der Waals surface area contributed by atoms with Gasteiger partial charge in [-0.3, -0.25) is 0 Å². The molecular formula is C29H32O4. The van der Waals surface area contributed by atoms with E-state index < -0.39 is 0 Å². The van der Waals surface area contributed by atoms with Crippen LogP contribution in [0.2, 0.25) is 0 Å². The summed E-state index contributed by atoms with van der Waals surface area (Å²) in [6.07, 6.45) is 5.42. The minimum atomic E-state index is -0.320. The number of carbonyl (C=O) groups excluding carboxylic acids is 1. The van der Waals surface area contributed by atoms with Crippen molar-refractivity contribution in [2.45, 2.75) is 64.9 Å². The second-order valence-corrected chi connectivity index (χ2v) is 10.3. The molecule has 0 saturated heterocycles. The Kier molecular flexibility index (Phi) is 5.86. The zero-order chi connectivity index (χ0) is 23.1. The summed E-state index contributed by atoms with van der Waals surface area (Å²) < 4.78 is 11.8. The van der Waals surface area contributed by atoms with Gasteiger partial charge in [0.1, 0.15) is 11.9 Å². The first-order chi connectivity index (χ1) is 15.9. The quantitative estimate of drug-likeness (QED) is 0.399. The van der Waals surface area contributed by atoms with Crippen molar-refractivity contribution in [3.63, 3.8) is 0 Å². The molecule has 4 nitrogen and oxygen atoms in total. The second kappa shape index (κ2) is 8.81. The van der Waals surface area contributed by atoms with E-state index in [1.54, 1.807) is 12.1 Å². The van der Waals surface area contributed by atoms with Crippen LogP contribution in [-0.2, 0) is 4.74 Å². The zero-order valence-electron chi connectivity index (χ0n) is 19.7. The lowest BCUT2D eigenvalue weighted by Gasteiger charge is -2.36. The van der Waals surface area contributed by atoms with Gasteiger partial charge in [-0.2, -0.15) is 0 Å². The van der Waals surface area contributed by atoms with Crippen LogP contribution >= 0.6 is 0 Å². The van der Waals surface area contributed by atoms with Gasteiger partial charge >= 0.3 is 11.6 Å². The summed E-state index contributed by atoms with van der Waals surface area (Å²) in [5.74, 6) is 2.26. The summed E-state index contributed by atoms with van der Waals surface area (Å²) in [4.78, 5) is 25.6. The summed E-state index contributed by atoms with van der Waals surface area (Å²) in [6.45, 7) is 6.66. The Morgan fingerprint density at radius 3 is 2.33 bits per heavy atom. The third kappa shape index (κ3) is 4.36. The van der Waals surface area contributed by atoms with Crippen LogP contribution in [-0.4, -0.2) is 12.1 Å². The molecule has 33 heavy (non-hydrogen) atoms. The third-order valence-electron chi connectivity index (χ3n) is 7.46. The van der Waals surface area contributed by atoms with Gasteiger partial charge in [0.25, 0.3) is 0 Å². The van der Waals surface area contributed by atoms with E-state index in [0.29, 0.717) is 40.4 Å². The lowest BCUT2D eigenvalue weighted by Crippen LogP contribution is -2.35. The van der Waals surface area contributed by atoms with E-state index in [1.165, 1.54) is 6.42 Å². The maximum atomic E-state index is 13.0. The molecule has 2 aliphatic rings. The van der Waals surface area contributed by atoms with Crippen molar-refractivity contribution in [2.75, 3.05) is 0 Å². The van der Waals surface area contributed by atoms with Gasteiger partial charge in [-0.15, -0.1) is 0 Å². The summed E-state index contributed by atoms with van der Waals surface area (Å²) in [5, 5.41) is 1.60. The molecule has 3 aromatic rings. The van der Waals surface area contributed by atoms with Crippen molar-refractivity contribution in [3.8, 4) is 11.3 Å². The van der Waals surface area contributed by atoms with Gasteiger partial charge in [0.05, 0.1) is 10.9 Å². The summed E-state index contributed by atoms with van der Waals surface area (Å²) in [5.41, 5.74) is 2.15. The van der Waals surface area contributed by atoms with Crippen LogP contribution in [0.3, 0.4) is 0 Å². The highest BCUT2D eigenvalue weighted by atomic mass is 16.5. The normalized spacial score (nSPS) is 23.1. The number of hydrogen-bond donors (Lipinski definition) is 0. The minimum Gasteiger partial charge on any atom is -0.458 e. The average Bonchev–Trinajstić information content (AvgIpc) is 3.64. The number of fused-ring (bicyclic) bond motifs is 1. The van der Waals surface area contributed by atoms with E-state index in [-0.39, 0.29) is 17.7 Å². The highest BCUT2D eigenvalue weighted by Gasteiger charge is 2.34. The Morgan fingerprint density at radius 1 is 0.970 bits per heavy atom. The first-order valence-corrected chi connectivity index (χ1v) is 12.3. The lowest BCUT2D eigenvalue weighted by atomic mass is 9.75. The maximum Gasteiger partial charge on any atom is 0.344 e. The fraction of sp³-hybridized carbons (Fsp3) is 0.448. The highest BCUT2D eigenvalue weighted by Crippen LogP contribution is 2.47. The Labute approximate surface area is 195 Å². The second-order valence-electron chi connectivity index (χ2n) is 10.3. The molecule has 2 saturated carbocycles. The molecule has 0 spiro atoms. The fourth-order valence-electron chi connectivity index (χ4n) is 5.43. The molecule has 3 atom stereocenters. The van der Waals surface area contributed by atoms with Crippen LogP contribution in [0.4, 0.5) is 0 Å². The first kappa shape index (κ1) is 21.9. The molecule has 0 radical (unpaired) electrons. The van der Waals surface area contributed by atoms with Crippen molar-refractivity contribution in [2.24, 2.45) is 17.8 Å². The summed E-state index contributed by atoms with van der Waals surface area (Å²) in [6, 6.07) is 15.0. The molecule has 0 aliphatic heterocycles. The highest BCUT2D eigenvalue weighted by molar-refractivity contribution is 5.92. The van der Waals surface area contributed by atoms with Crippen molar-refractivity contribution in [1.29, 1.82) is 0 Å². The van der Waals surface area contributed by atoms with Crippen molar-refractivity contribution in [1.82, 2.24) is 0 Å². The van der Waals surface area contributed by atoms with E-state index in [2.05, 4.69) is 20.8 Å². The number of carbonyl (C=O) groups is 1. The van der Waals surface area contributed by atoms with Crippen LogP contribution in [0.15, 0.2) is 57.7 Å². The molecule has 2 fully saturated rings. The Hall–Kier alpha value is -2.88. The monoisotopic (exact) mass is 444 g/mol. The minimum absolute atomic E-state index is 0.0269. The number of esters is 1. The van der Waals surface area contributed by atoms with Gasteiger partial charge in [-0.25, -0.2) is 9.59 Å². The van der Waals surface area contributed by atoms with Gasteiger partial charge in [0.15, 0.2) is 0 Å². The van der Waals surface area contributed by atoms with Crippen LogP contribution in [0.5, 0.6) is 0 Å². The van der Waals surface area contributed by atoms with Crippen LogP contribution in [0.1, 0.15) is 74.7 Å². The number of hydrogen-bond acceptors (Lipinski definition) is 4. The first-order valence-electron chi connectivity index (χ1n) is 12.3. The van der Waals surface area contributed by atoms with E-state index in [0.717, 1.165) is 42.2 Å².